The van der Waals surface area contributed by atoms with Crippen LogP contribution in [-0.2, 0) is 9.53 Å². The van der Waals surface area contributed by atoms with Gasteiger partial charge < -0.3 is 4.74 Å². The van der Waals surface area contributed by atoms with Crippen molar-refractivity contribution in [3.63, 3.8) is 0 Å². The SMILES string of the molecule is COCN1C(=O)[C@@H](CC(=O)c2cccc(C)c2)[C@@H](c2ccc(F)cc2)c2c(C)nn(-c3ccccc3)c21.S.S. The summed E-state index contributed by atoms with van der Waals surface area (Å²) < 4.78 is 21.1. The number of benzene rings is 3. The molecule has 0 N–H and O–H groups in total. The lowest BCUT2D eigenvalue weighted by atomic mass is 9.74. The summed E-state index contributed by atoms with van der Waals surface area (Å²) in [5.74, 6) is -1.32. The molecule has 3 aromatic carbocycles. The number of ether oxygens (including phenoxy) is 1. The second-order valence-electron chi connectivity index (χ2n) is 9.39. The second-order valence-corrected chi connectivity index (χ2v) is 9.39. The van der Waals surface area contributed by atoms with Crippen LogP contribution < -0.4 is 4.90 Å². The molecule has 1 aliphatic rings. The largest absolute Gasteiger partial charge is 0.364 e. The molecule has 9 heteroatoms. The molecule has 0 bridgehead atoms. The molecule has 2 heterocycles. The van der Waals surface area contributed by atoms with E-state index < -0.39 is 11.8 Å². The molecule has 0 saturated carbocycles. The summed E-state index contributed by atoms with van der Waals surface area (Å²) >= 11 is 0. The molecule has 6 nitrogen and oxygen atoms in total. The predicted molar refractivity (Wildman–Crippen MR) is 160 cm³/mol. The number of halogens is 1. The molecule has 0 aliphatic carbocycles. The number of aryl methyl sites for hydroxylation is 2. The Morgan fingerprint density at radius 1 is 0.974 bits per heavy atom. The monoisotopic (exact) mass is 565 g/mol. The van der Waals surface area contributed by atoms with Crippen LogP contribution >= 0.6 is 27.0 Å². The Labute approximate surface area is 241 Å². The molecular formula is C30H32FN3O3S2. The van der Waals surface area contributed by atoms with Gasteiger partial charge in [-0.2, -0.15) is 32.1 Å². The first-order valence-corrected chi connectivity index (χ1v) is 12.2. The van der Waals surface area contributed by atoms with Crippen molar-refractivity contribution in [2.75, 3.05) is 18.7 Å². The summed E-state index contributed by atoms with van der Waals surface area (Å²) in [5.41, 5.74) is 4.65. The lowest BCUT2D eigenvalue weighted by Gasteiger charge is -2.38. The number of hydrogen-bond donors (Lipinski definition) is 0. The van der Waals surface area contributed by atoms with Gasteiger partial charge in [-0.3, -0.25) is 14.5 Å². The van der Waals surface area contributed by atoms with Gasteiger partial charge in [-0.05, 0) is 49.7 Å². The molecule has 0 unspecified atom stereocenters. The Bertz CT molecular complexity index is 1460. The quantitative estimate of drug-likeness (QED) is 0.265. The number of ketones is 1. The zero-order valence-electron chi connectivity index (χ0n) is 22.0. The van der Waals surface area contributed by atoms with Crippen LogP contribution in [0.15, 0.2) is 78.9 Å². The van der Waals surface area contributed by atoms with Gasteiger partial charge in [0.1, 0.15) is 18.4 Å². The van der Waals surface area contributed by atoms with Gasteiger partial charge in [-0.15, -0.1) is 0 Å². The molecule has 0 fully saturated rings. The van der Waals surface area contributed by atoms with Crippen LogP contribution in [0.25, 0.3) is 5.69 Å². The first kappa shape index (κ1) is 30.1. The summed E-state index contributed by atoms with van der Waals surface area (Å²) in [6.45, 7) is 3.84. The molecule has 0 radical (unpaired) electrons. The van der Waals surface area contributed by atoms with Gasteiger partial charge in [-0.1, -0.05) is 54.1 Å². The fourth-order valence-electron chi connectivity index (χ4n) is 5.21. The lowest BCUT2D eigenvalue weighted by Crippen LogP contribution is -2.46. The van der Waals surface area contributed by atoms with Gasteiger partial charge in [0.15, 0.2) is 5.78 Å². The molecule has 204 valence electrons. The van der Waals surface area contributed by atoms with Crippen molar-refractivity contribution in [2.45, 2.75) is 26.2 Å². The van der Waals surface area contributed by atoms with Crippen LogP contribution in [0.4, 0.5) is 10.2 Å². The van der Waals surface area contributed by atoms with Crippen LogP contribution in [0, 0.1) is 25.6 Å². The Morgan fingerprint density at radius 2 is 1.67 bits per heavy atom. The summed E-state index contributed by atoms with van der Waals surface area (Å²) in [7, 11) is 1.53. The van der Waals surface area contributed by atoms with E-state index in [0.717, 1.165) is 28.1 Å². The van der Waals surface area contributed by atoms with Gasteiger partial charge in [0.25, 0.3) is 0 Å². The fourth-order valence-corrected chi connectivity index (χ4v) is 5.21. The third-order valence-electron chi connectivity index (χ3n) is 6.87. The minimum absolute atomic E-state index is 0. The highest BCUT2D eigenvalue weighted by atomic mass is 32.1. The number of carbonyl (C=O) groups is 2. The zero-order chi connectivity index (χ0) is 26.1. The number of fused-ring (bicyclic) bond motifs is 1. The topological polar surface area (TPSA) is 64.4 Å². The minimum atomic E-state index is -0.715. The number of Topliss-reactive ketones (excluding diaryl/α,β-unsaturated/α-hetero) is 1. The normalized spacial score (nSPS) is 16.2. The van der Waals surface area contributed by atoms with Crippen LogP contribution in [0.2, 0.25) is 0 Å². The predicted octanol–water partition coefficient (Wildman–Crippen LogP) is 5.83. The van der Waals surface area contributed by atoms with Gasteiger partial charge in [0.2, 0.25) is 5.91 Å². The first-order chi connectivity index (χ1) is 17.9. The third-order valence-corrected chi connectivity index (χ3v) is 6.87. The molecule has 0 saturated heterocycles. The van der Waals surface area contributed by atoms with E-state index in [1.165, 1.54) is 19.2 Å². The number of methoxy groups -OCH3 is 1. The molecule has 0 spiro atoms. The van der Waals surface area contributed by atoms with E-state index in [4.69, 9.17) is 9.84 Å². The number of anilines is 1. The van der Waals surface area contributed by atoms with E-state index in [1.807, 2.05) is 62.4 Å². The van der Waals surface area contributed by atoms with Crippen molar-refractivity contribution in [1.29, 1.82) is 0 Å². The van der Waals surface area contributed by atoms with Crippen LogP contribution in [0.3, 0.4) is 0 Å². The highest BCUT2D eigenvalue weighted by Gasteiger charge is 2.45. The van der Waals surface area contributed by atoms with Crippen molar-refractivity contribution < 1.29 is 18.7 Å². The van der Waals surface area contributed by atoms with E-state index in [2.05, 4.69) is 0 Å². The third kappa shape index (κ3) is 5.80. The summed E-state index contributed by atoms with van der Waals surface area (Å²) in [5, 5.41) is 4.81. The van der Waals surface area contributed by atoms with Crippen LogP contribution in [0.5, 0.6) is 0 Å². The average molecular weight is 566 g/mol. The molecule has 1 amide bonds. The van der Waals surface area contributed by atoms with Gasteiger partial charge in [-0.25, -0.2) is 9.07 Å². The Balaban J connectivity index is 0.00000210. The summed E-state index contributed by atoms with van der Waals surface area (Å²) in [6.07, 6.45) is -0.0000585. The van der Waals surface area contributed by atoms with E-state index >= 15 is 0 Å². The zero-order valence-corrected chi connectivity index (χ0v) is 24.0. The number of rotatable bonds is 7. The molecule has 4 aromatic rings. The number of carbonyl (C=O) groups excluding carboxylic acids is 2. The highest BCUT2D eigenvalue weighted by Crippen LogP contribution is 2.47. The fraction of sp³-hybridized carbons (Fsp3) is 0.233. The van der Waals surface area contributed by atoms with E-state index in [1.54, 1.807) is 27.8 Å². The molecule has 39 heavy (non-hydrogen) atoms. The number of amides is 1. The minimum Gasteiger partial charge on any atom is -0.364 e. The molecule has 2 atom stereocenters. The Kier molecular flexibility index (Phi) is 9.77. The summed E-state index contributed by atoms with van der Waals surface area (Å²) in [4.78, 5) is 29.1. The number of para-hydroxylation sites is 1. The van der Waals surface area contributed by atoms with Crippen molar-refractivity contribution in [3.05, 3.63) is 113 Å². The first-order valence-electron chi connectivity index (χ1n) is 12.2. The second kappa shape index (κ2) is 12.6. The maximum absolute atomic E-state index is 14.1. The highest BCUT2D eigenvalue weighted by molar-refractivity contribution is 7.59. The van der Waals surface area contributed by atoms with E-state index in [9.17, 15) is 14.0 Å². The van der Waals surface area contributed by atoms with Crippen molar-refractivity contribution in [1.82, 2.24) is 9.78 Å². The number of aromatic nitrogens is 2. The molecule has 1 aromatic heterocycles. The number of nitrogens with zero attached hydrogens (tertiary/aromatic N) is 3. The number of hydrogen-bond acceptors (Lipinski definition) is 4. The maximum atomic E-state index is 14.1. The van der Waals surface area contributed by atoms with Crippen molar-refractivity contribution in [3.8, 4) is 5.69 Å². The average Bonchev–Trinajstić information content (AvgIpc) is 3.24. The maximum Gasteiger partial charge on any atom is 0.234 e. The van der Waals surface area contributed by atoms with Crippen molar-refractivity contribution >= 4 is 44.5 Å². The van der Waals surface area contributed by atoms with Crippen LogP contribution in [0.1, 0.15) is 45.1 Å². The van der Waals surface area contributed by atoms with E-state index in [-0.39, 0.29) is 57.7 Å². The Morgan fingerprint density at radius 3 is 2.31 bits per heavy atom. The van der Waals surface area contributed by atoms with E-state index in [0.29, 0.717) is 11.4 Å². The smallest absolute Gasteiger partial charge is 0.234 e. The van der Waals surface area contributed by atoms with Crippen LogP contribution in [-0.4, -0.2) is 35.3 Å². The lowest BCUT2D eigenvalue weighted by molar-refractivity contribution is -0.124. The molecule has 1 aliphatic heterocycles. The van der Waals surface area contributed by atoms with Gasteiger partial charge >= 0.3 is 0 Å². The van der Waals surface area contributed by atoms with Gasteiger partial charge in [0.05, 0.1) is 17.3 Å². The standard InChI is InChI=1S/C30H28FN3O3.2H2S/c1-19-8-7-9-22(16-19)26(35)17-25-28(21-12-14-23(31)15-13-21)27-20(2)32-34(24-10-5-4-6-11-24)29(27)33(18-37-3)30(25)36;;/h4-16,25,28H,17-18H2,1-3H3;2*1H2/t25-,28+;;/m0../s1. The van der Waals surface area contributed by atoms with Crippen molar-refractivity contribution in [2.24, 2.45) is 5.92 Å². The Hall–Kier alpha value is -3.40. The van der Waals surface area contributed by atoms with Gasteiger partial charge in [0, 0.05) is 30.6 Å². The molecule has 5 rings (SSSR count). The summed E-state index contributed by atoms with van der Waals surface area (Å²) in [6, 6.07) is 23.1. The molecular weight excluding hydrogens is 533 g/mol.